The number of hydrogen-bond acceptors (Lipinski definition) is 4. The standard InChI is InChI=1S/C19H17F3N4O2/c1-25-17-15(11-23-25)14(18(27)26-5-7-28-8-6-26)10-16(24-17)12-3-2-4-13(9-12)19(20,21)22/h2-4,9-11H,5-8H2,1H3. The van der Waals surface area contributed by atoms with Gasteiger partial charge in [0.15, 0.2) is 5.65 Å². The maximum Gasteiger partial charge on any atom is 0.416 e. The molecule has 0 aliphatic carbocycles. The normalized spacial score (nSPS) is 15.2. The van der Waals surface area contributed by atoms with Gasteiger partial charge < -0.3 is 9.64 Å². The minimum Gasteiger partial charge on any atom is -0.378 e. The first-order valence-corrected chi connectivity index (χ1v) is 8.72. The number of halogens is 3. The highest BCUT2D eigenvalue weighted by Gasteiger charge is 2.31. The second-order valence-corrected chi connectivity index (χ2v) is 6.54. The highest BCUT2D eigenvalue weighted by Crippen LogP contribution is 2.33. The van der Waals surface area contributed by atoms with Gasteiger partial charge >= 0.3 is 6.18 Å². The Balaban J connectivity index is 1.84. The highest BCUT2D eigenvalue weighted by atomic mass is 19.4. The molecule has 1 aliphatic rings. The van der Waals surface area contributed by atoms with Crippen LogP contribution in [0.2, 0.25) is 0 Å². The molecule has 1 aromatic carbocycles. The van der Waals surface area contributed by atoms with Crippen molar-refractivity contribution in [2.75, 3.05) is 26.3 Å². The van der Waals surface area contributed by atoms with Crippen LogP contribution in [0.3, 0.4) is 0 Å². The summed E-state index contributed by atoms with van der Waals surface area (Å²) in [5.41, 5.74) is 0.615. The molecule has 0 saturated carbocycles. The molecular weight excluding hydrogens is 373 g/mol. The summed E-state index contributed by atoms with van der Waals surface area (Å²) in [6, 6.07) is 6.45. The van der Waals surface area contributed by atoms with Gasteiger partial charge in [0.25, 0.3) is 5.91 Å². The summed E-state index contributed by atoms with van der Waals surface area (Å²) >= 11 is 0. The van der Waals surface area contributed by atoms with Crippen LogP contribution in [0.4, 0.5) is 13.2 Å². The van der Waals surface area contributed by atoms with E-state index < -0.39 is 11.7 Å². The van der Waals surface area contributed by atoms with Crippen molar-refractivity contribution in [1.82, 2.24) is 19.7 Å². The van der Waals surface area contributed by atoms with Gasteiger partial charge in [-0.1, -0.05) is 12.1 Å². The average Bonchev–Trinajstić information content (AvgIpc) is 3.08. The Morgan fingerprint density at radius 1 is 1.18 bits per heavy atom. The summed E-state index contributed by atoms with van der Waals surface area (Å²) in [7, 11) is 1.67. The van der Waals surface area contributed by atoms with Gasteiger partial charge in [-0.25, -0.2) is 4.98 Å². The van der Waals surface area contributed by atoms with Crippen molar-refractivity contribution < 1.29 is 22.7 Å². The lowest BCUT2D eigenvalue weighted by Crippen LogP contribution is -2.40. The van der Waals surface area contributed by atoms with Crippen molar-refractivity contribution in [3.05, 3.63) is 47.7 Å². The molecule has 9 heteroatoms. The Morgan fingerprint density at radius 3 is 2.64 bits per heavy atom. The summed E-state index contributed by atoms with van der Waals surface area (Å²) < 4.78 is 46.1. The fourth-order valence-corrected chi connectivity index (χ4v) is 3.23. The number of pyridine rings is 1. The van der Waals surface area contributed by atoms with Gasteiger partial charge in [-0.15, -0.1) is 0 Å². The molecule has 2 aromatic heterocycles. The van der Waals surface area contributed by atoms with Crippen molar-refractivity contribution in [2.24, 2.45) is 7.05 Å². The molecule has 6 nitrogen and oxygen atoms in total. The monoisotopic (exact) mass is 390 g/mol. The van der Waals surface area contributed by atoms with E-state index in [1.54, 1.807) is 24.2 Å². The lowest BCUT2D eigenvalue weighted by Gasteiger charge is -2.27. The zero-order valence-corrected chi connectivity index (χ0v) is 15.0. The molecule has 146 valence electrons. The number of ether oxygens (including phenoxy) is 1. The zero-order chi connectivity index (χ0) is 19.9. The van der Waals surface area contributed by atoms with Crippen LogP contribution in [-0.4, -0.2) is 51.9 Å². The summed E-state index contributed by atoms with van der Waals surface area (Å²) in [4.78, 5) is 19.2. The molecule has 0 unspecified atom stereocenters. The SMILES string of the molecule is Cn1ncc2c(C(=O)N3CCOCC3)cc(-c3cccc(C(F)(F)F)c3)nc21. The number of alkyl halides is 3. The Morgan fingerprint density at radius 2 is 1.93 bits per heavy atom. The lowest BCUT2D eigenvalue weighted by molar-refractivity contribution is -0.137. The predicted octanol–water partition coefficient (Wildman–Crippen LogP) is 3.13. The van der Waals surface area contributed by atoms with Gasteiger partial charge in [-0.3, -0.25) is 9.48 Å². The van der Waals surface area contributed by atoms with Crippen molar-refractivity contribution in [2.45, 2.75) is 6.18 Å². The topological polar surface area (TPSA) is 60.2 Å². The second-order valence-electron chi connectivity index (χ2n) is 6.54. The van der Waals surface area contributed by atoms with Crippen molar-refractivity contribution in [1.29, 1.82) is 0 Å². The first kappa shape index (κ1) is 18.4. The van der Waals surface area contributed by atoms with E-state index in [0.29, 0.717) is 48.6 Å². The van der Waals surface area contributed by atoms with Crippen LogP contribution in [-0.2, 0) is 18.0 Å². The summed E-state index contributed by atoms with van der Waals surface area (Å²) in [6.07, 6.45) is -2.91. The van der Waals surface area contributed by atoms with Crippen LogP contribution in [0.1, 0.15) is 15.9 Å². The summed E-state index contributed by atoms with van der Waals surface area (Å²) in [5.74, 6) is -0.211. The van der Waals surface area contributed by atoms with Crippen LogP contribution in [0.25, 0.3) is 22.3 Å². The molecule has 0 spiro atoms. The number of hydrogen-bond donors (Lipinski definition) is 0. The van der Waals surface area contributed by atoms with E-state index in [2.05, 4.69) is 10.1 Å². The molecule has 1 fully saturated rings. The van der Waals surface area contributed by atoms with Gasteiger partial charge in [0.1, 0.15) is 0 Å². The van der Waals surface area contributed by atoms with E-state index in [1.165, 1.54) is 16.8 Å². The van der Waals surface area contributed by atoms with Crippen LogP contribution >= 0.6 is 0 Å². The fraction of sp³-hybridized carbons (Fsp3) is 0.316. The third-order valence-electron chi connectivity index (χ3n) is 4.72. The Kier molecular flexibility index (Phi) is 4.54. The molecule has 0 radical (unpaired) electrons. The van der Waals surface area contributed by atoms with E-state index in [1.807, 2.05) is 0 Å². The van der Waals surface area contributed by atoms with Crippen molar-refractivity contribution in [3.8, 4) is 11.3 Å². The second kappa shape index (κ2) is 6.90. The number of aryl methyl sites for hydroxylation is 1. The van der Waals surface area contributed by atoms with E-state index in [-0.39, 0.29) is 11.5 Å². The van der Waals surface area contributed by atoms with Crippen molar-refractivity contribution >= 4 is 16.9 Å². The molecule has 0 atom stereocenters. The Labute approximate surface area is 158 Å². The lowest BCUT2D eigenvalue weighted by atomic mass is 10.0. The molecule has 3 aromatic rings. The molecule has 0 bridgehead atoms. The largest absolute Gasteiger partial charge is 0.416 e. The Bertz CT molecular complexity index is 1040. The minimum absolute atomic E-state index is 0.211. The zero-order valence-electron chi connectivity index (χ0n) is 15.0. The van der Waals surface area contributed by atoms with Gasteiger partial charge in [-0.2, -0.15) is 18.3 Å². The number of carbonyl (C=O) groups excluding carboxylic acids is 1. The van der Waals surface area contributed by atoms with E-state index in [0.717, 1.165) is 12.1 Å². The van der Waals surface area contributed by atoms with Gasteiger partial charge in [-0.05, 0) is 18.2 Å². The maximum absolute atomic E-state index is 13.1. The molecular formula is C19H17F3N4O2. The molecule has 1 amide bonds. The fourth-order valence-electron chi connectivity index (χ4n) is 3.23. The van der Waals surface area contributed by atoms with Gasteiger partial charge in [0, 0.05) is 25.7 Å². The van der Waals surface area contributed by atoms with Crippen LogP contribution in [0.15, 0.2) is 36.5 Å². The molecule has 1 saturated heterocycles. The van der Waals surface area contributed by atoms with Gasteiger partial charge in [0.05, 0.1) is 41.6 Å². The number of morpholine rings is 1. The molecule has 1 aliphatic heterocycles. The molecule has 4 rings (SSSR count). The smallest absolute Gasteiger partial charge is 0.378 e. The number of benzene rings is 1. The van der Waals surface area contributed by atoms with Crippen LogP contribution < -0.4 is 0 Å². The number of amides is 1. The summed E-state index contributed by atoms with van der Waals surface area (Å²) in [6.45, 7) is 1.82. The van der Waals surface area contributed by atoms with Crippen LogP contribution in [0.5, 0.6) is 0 Å². The third kappa shape index (κ3) is 3.33. The minimum atomic E-state index is -4.46. The predicted molar refractivity (Wildman–Crippen MR) is 95.7 cm³/mol. The first-order chi connectivity index (χ1) is 13.3. The molecule has 0 N–H and O–H groups in total. The number of aromatic nitrogens is 3. The van der Waals surface area contributed by atoms with Gasteiger partial charge in [0.2, 0.25) is 0 Å². The number of fused-ring (bicyclic) bond motifs is 1. The quantitative estimate of drug-likeness (QED) is 0.675. The van der Waals surface area contributed by atoms with E-state index >= 15 is 0 Å². The van der Waals surface area contributed by atoms with E-state index in [4.69, 9.17) is 4.74 Å². The van der Waals surface area contributed by atoms with Crippen molar-refractivity contribution in [3.63, 3.8) is 0 Å². The number of rotatable bonds is 2. The summed E-state index contributed by atoms with van der Waals surface area (Å²) in [5, 5.41) is 4.72. The Hall–Kier alpha value is -2.94. The third-order valence-corrected chi connectivity index (χ3v) is 4.72. The molecule has 3 heterocycles. The maximum atomic E-state index is 13.1. The number of nitrogens with zero attached hydrogens (tertiary/aromatic N) is 4. The van der Waals surface area contributed by atoms with Crippen LogP contribution in [0, 0.1) is 0 Å². The molecule has 28 heavy (non-hydrogen) atoms. The first-order valence-electron chi connectivity index (χ1n) is 8.72. The van der Waals surface area contributed by atoms with E-state index in [9.17, 15) is 18.0 Å². The number of carbonyl (C=O) groups is 1. The average molecular weight is 390 g/mol. The highest BCUT2D eigenvalue weighted by molar-refractivity contribution is 6.06.